The number of halogens is 1. The van der Waals surface area contributed by atoms with E-state index in [1.165, 1.54) is 7.11 Å². The molecule has 0 N–H and O–H groups in total. The molecule has 0 aliphatic rings. The number of nitrogens with zero attached hydrogens (tertiary/aromatic N) is 2. The number of aryl methyl sites for hydroxylation is 1. The van der Waals surface area contributed by atoms with Crippen molar-refractivity contribution in [3.63, 3.8) is 0 Å². The van der Waals surface area contributed by atoms with Crippen molar-refractivity contribution in [3.05, 3.63) is 18.0 Å². The van der Waals surface area contributed by atoms with Crippen LogP contribution in [0.5, 0.6) is 5.75 Å². The van der Waals surface area contributed by atoms with Crippen molar-refractivity contribution in [2.75, 3.05) is 7.11 Å². The third-order valence-electron chi connectivity index (χ3n) is 1.14. The summed E-state index contributed by atoms with van der Waals surface area (Å²) in [4.78, 5) is 7.04. The van der Waals surface area contributed by atoms with Gasteiger partial charge in [0.1, 0.15) is 6.33 Å². The molecule has 1 rings (SSSR count). The standard InChI is InChI=1S/C6H7FN2O/c1-4-5(10-2)6(7)9-3-8-4/h3H,1-2H3. The Bertz CT molecular complexity index is 219. The van der Waals surface area contributed by atoms with E-state index in [1.807, 2.05) is 0 Å². The lowest BCUT2D eigenvalue weighted by Gasteiger charge is -2.01. The van der Waals surface area contributed by atoms with E-state index in [2.05, 4.69) is 14.7 Å². The molecule has 54 valence electrons. The molecule has 1 aromatic heterocycles. The molecule has 4 heteroatoms. The predicted molar refractivity (Wildman–Crippen MR) is 33.3 cm³/mol. The zero-order valence-electron chi connectivity index (χ0n) is 5.76. The minimum atomic E-state index is -0.616. The van der Waals surface area contributed by atoms with Crippen LogP contribution in [0.2, 0.25) is 0 Å². The fourth-order valence-corrected chi connectivity index (χ4v) is 0.665. The molecule has 3 nitrogen and oxygen atoms in total. The molecule has 0 atom stereocenters. The van der Waals surface area contributed by atoms with Gasteiger partial charge < -0.3 is 4.74 Å². The van der Waals surface area contributed by atoms with Crippen LogP contribution in [0, 0.1) is 12.9 Å². The number of hydrogen-bond acceptors (Lipinski definition) is 3. The second kappa shape index (κ2) is 2.60. The highest BCUT2D eigenvalue weighted by atomic mass is 19.1. The van der Waals surface area contributed by atoms with E-state index in [-0.39, 0.29) is 5.75 Å². The van der Waals surface area contributed by atoms with Crippen molar-refractivity contribution in [1.29, 1.82) is 0 Å². The first-order chi connectivity index (χ1) is 4.75. The van der Waals surface area contributed by atoms with Crippen molar-refractivity contribution in [2.45, 2.75) is 6.92 Å². The van der Waals surface area contributed by atoms with Crippen LogP contribution in [0.25, 0.3) is 0 Å². The smallest absolute Gasteiger partial charge is 0.258 e. The first kappa shape index (κ1) is 6.92. The molecule has 0 spiro atoms. The molecule has 1 heterocycles. The Morgan fingerprint density at radius 2 is 2.20 bits per heavy atom. The highest BCUT2D eigenvalue weighted by Gasteiger charge is 2.05. The highest BCUT2D eigenvalue weighted by Crippen LogP contribution is 2.15. The van der Waals surface area contributed by atoms with Crippen molar-refractivity contribution < 1.29 is 9.13 Å². The molecule has 0 aromatic carbocycles. The summed E-state index contributed by atoms with van der Waals surface area (Å²) in [5, 5.41) is 0. The molecule has 0 saturated heterocycles. The summed E-state index contributed by atoms with van der Waals surface area (Å²) in [5.41, 5.74) is 0.509. The Morgan fingerprint density at radius 3 is 2.60 bits per heavy atom. The van der Waals surface area contributed by atoms with Gasteiger partial charge in [-0.25, -0.2) is 9.97 Å². The molecule has 0 saturated carbocycles. The second-order valence-electron chi connectivity index (χ2n) is 1.78. The van der Waals surface area contributed by atoms with Gasteiger partial charge in [-0.3, -0.25) is 0 Å². The maximum Gasteiger partial charge on any atom is 0.258 e. The number of rotatable bonds is 1. The first-order valence-corrected chi connectivity index (χ1v) is 2.76. The van der Waals surface area contributed by atoms with Crippen LogP contribution in [0.15, 0.2) is 6.33 Å². The number of ether oxygens (including phenoxy) is 1. The van der Waals surface area contributed by atoms with Gasteiger partial charge in [0.15, 0.2) is 5.75 Å². The van der Waals surface area contributed by atoms with Crippen LogP contribution < -0.4 is 4.74 Å². The molecular formula is C6H7FN2O. The first-order valence-electron chi connectivity index (χ1n) is 2.76. The normalized spacial score (nSPS) is 9.50. The molecule has 0 bridgehead atoms. The van der Waals surface area contributed by atoms with Crippen LogP contribution in [0.3, 0.4) is 0 Å². The van der Waals surface area contributed by atoms with Gasteiger partial charge in [0.05, 0.1) is 12.8 Å². The Hall–Kier alpha value is -1.19. The monoisotopic (exact) mass is 142 g/mol. The van der Waals surface area contributed by atoms with Gasteiger partial charge in [-0.15, -0.1) is 0 Å². The van der Waals surface area contributed by atoms with Gasteiger partial charge in [0, 0.05) is 0 Å². The maximum atomic E-state index is 12.6. The Morgan fingerprint density at radius 1 is 1.50 bits per heavy atom. The summed E-state index contributed by atoms with van der Waals surface area (Å²) in [6.07, 6.45) is 1.16. The fraction of sp³-hybridized carbons (Fsp3) is 0.333. The van der Waals surface area contributed by atoms with Crippen molar-refractivity contribution in [3.8, 4) is 5.75 Å². The molecular weight excluding hydrogens is 135 g/mol. The lowest BCUT2D eigenvalue weighted by Crippen LogP contribution is -1.96. The summed E-state index contributed by atoms with van der Waals surface area (Å²) in [7, 11) is 1.38. The van der Waals surface area contributed by atoms with Crippen LogP contribution in [0.1, 0.15) is 5.69 Å². The van der Waals surface area contributed by atoms with E-state index in [0.29, 0.717) is 5.69 Å². The highest BCUT2D eigenvalue weighted by molar-refractivity contribution is 5.22. The average Bonchev–Trinajstić information content (AvgIpc) is 1.88. The van der Waals surface area contributed by atoms with E-state index in [1.54, 1.807) is 6.92 Å². The summed E-state index contributed by atoms with van der Waals surface area (Å²) >= 11 is 0. The number of methoxy groups -OCH3 is 1. The number of hydrogen-bond donors (Lipinski definition) is 0. The van der Waals surface area contributed by atoms with Crippen molar-refractivity contribution >= 4 is 0 Å². The van der Waals surface area contributed by atoms with E-state index >= 15 is 0 Å². The Balaban J connectivity index is 3.17. The summed E-state index contributed by atoms with van der Waals surface area (Å²) in [5.74, 6) is -0.502. The minimum absolute atomic E-state index is 0.113. The number of aromatic nitrogens is 2. The van der Waals surface area contributed by atoms with Gasteiger partial charge in [0.25, 0.3) is 5.95 Å². The van der Waals surface area contributed by atoms with Crippen LogP contribution in [-0.4, -0.2) is 17.1 Å². The third-order valence-corrected chi connectivity index (χ3v) is 1.14. The van der Waals surface area contributed by atoms with Crippen molar-refractivity contribution in [2.24, 2.45) is 0 Å². The van der Waals surface area contributed by atoms with Crippen molar-refractivity contribution in [1.82, 2.24) is 9.97 Å². The van der Waals surface area contributed by atoms with Gasteiger partial charge in [0.2, 0.25) is 0 Å². The van der Waals surface area contributed by atoms with Gasteiger partial charge in [-0.05, 0) is 6.92 Å². The van der Waals surface area contributed by atoms with Gasteiger partial charge in [-0.1, -0.05) is 0 Å². The largest absolute Gasteiger partial charge is 0.490 e. The molecule has 1 aromatic rings. The molecule has 0 aliphatic heterocycles. The zero-order valence-corrected chi connectivity index (χ0v) is 5.76. The lowest BCUT2D eigenvalue weighted by atomic mass is 10.4. The Kier molecular flexibility index (Phi) is 1.80. The Labute approximate surface area is 57.9 Å². The molecule has 0 unspecified atom stereocenters. The van der Waals surface area contributed by atoms with Crippen LogP contribution in [0.4, 0.5) is 4.39 Å². The van der Waals surface area contributed by atoms with E-state index < -0.39 is 5.95 Å². The predicted octanol–water partition coefficient (Wildman–Crippen LogP) is 0.933. The van der Waals surface area contributed by atoms with E-state index in [0.717, 1.165) is 6.33 Å². The molecule has 10 heavy (non-hydrogen) atoms. The lowest BCUT2D eigenvalue weighted by molar-refractivity contribution is 0.371. The van der Waals surface area contributed by atoms with Gasteiger partial charge >= 0.3 is 0 Å². The van der Waals surface area contributed by atoms with Crippen LogP contribution >= 0.6 is 0 Å². The fourth-order valence-electron chi connectivity index (χ4n) is 0.665. The van der Waals surface area contributed by atoms with Gasteiger partial charge in [-0.2, -0.15) is 4.39 Å². The summed E-state index contributed by atoms with van der Waals surface area (Å²) in [6.45, 7) is 1.66. The van der Waals surface area contributed by atoms with Crippen LogP contribution in [-0.2, 0) is 0 Å². The summed E-state index contributed by atoms with van der Waals surface area (Å²) < 4.78 is 17.3. The molecule has 0 radical (unpaired) electrons. The average molecular weight is 142 g/mol. The molecule has 0 fully saturated rings. The molecule has 0 aliphatic carbocycles. The summed E-state index contributed by atoms with van der Waals surface area (Å²) in [6, 6.07) is 0. The van der Waals surface area contributed by atoms with E-state index in [4.69, 9.17) is 0 Å². The minimum Gasteiger partial charge on any atom is -0.490 e. The SMILES string of the molecule is COc1c(C)ncnc1F. The third kappa shape index (κ3) is 1.05. The maximum absolute atomic E-state index is 12.6. The topological polar surface area (TPSA) is 35.0 Å². The van der Waals surface area contributed by atoms with E-state index in [9.17, 15) is 4.39 Å². The zero-order chi connectivity index (χ0) is 7.56. The quantitative estimate of drug-likeness (QED) is 0.547. The second-order valence-corrected chi connectivity index (χ2v) is 1.78. The molecule has 0 amide bonds.